The summed E-state index contributed by atoms with van der Waals surface area (Å²) in [7, 11) is 0. The number of nitriles is 2. The number of halogens is 1. The highest BCUT2D eigenvalue weighted by Gasteiger charge is 2.28. The zero-order valence-electron chi connectivity index (χ0n) is 21.7. The van der Waals surface area contributed by atoms with Crippen molar-refractivity contribution in [3.63, 3.8) is 0 Å². The molecule has 0 amide bonds. The standard InChI is InChI=1S/C28H28FN9/c1-16-21(7-8-24(29)34-16)27(23-14-38(37-36-23)20-5-6-20)35-19-9-17(11-30)25-22(10-19)26(18(12-31)13-32-25)33-15-28(2,3)4/h7-10,13-14,20,27,35H,5-6,15H2,1-4H3,(H,32,33). The highest BCUT2D eigenvalue weighted by atomic mass is 19.1. The molecule has 10 heteroatoms. The molecule has 5 rings (SSSR count). The van der Waals surface area contributed by atoms with Gasteiger partial charge in [0.2, 0.25) is 5.95 Å². The van der Waals surface area contributed by atoms with Crippen LogP contribution in [0.15, 0.2) is 36.7 Å². The minimum atomic E-state index is -0.561. The molecule has 38 heavy (non-hydrogen) atoms. The van der Waals surface area contributed by atoms with Gasteiger partial charge in [-0.3, -0.25) is 4.98 Å². The summed E-state index contributed by atoms with van der Waals surface area (Å²) < 4.78 is 15.7. The summed E-state index contributed by atoms with van der Waals surface area (Å²) in [6.07, 6.45) is 5.52. The van der Waals surface area contributed by atoms with Gasteiger partial charge in [0.05, 0.1) is 40.6 Å². The highest BCUT2D eigenvalue weighted by molar-refractivity contribution is 5.99. The van der Waals surface area contributed by atoms with Crippen LogP contribution < -0.4 is 10.6 Å². The predicted molar refractivity (Wildman–Crippen MR) is 142 cm³/mol. The van der Waals surface area contributed by atoms with Crippen LogP contribution in [0.2, 0.25) is 0 Å². The van der Waals surface area contributed by atoms with Crippen LogP contribution in [0.25, 0.3) is 10.9 Å². The molecular formula is C28H28FN9. The lowest BCUT2D eigenvalue weighted by atomic mass is 9.96. The normalized spacial score (nSPS) is 14.1. The van der Waals surface area contributed by atoms with Crippen molar-refractivity contribution in [3.8, 4) is 12.1 Å². The third-order valence-electron chi connectivity index (χ3n) is 6.47. The number of hydrogen-bond acceptors (Lipinski definition) is 8. The van der Waals surface area contributed by atoms with E-state index < -0.39 is 12.0 Å². The first-order valence-electron chi connectivity index (χ1n) is 12.5. The lowest BCUT2D eigenvalue weighted by molar-refractivity contribution is 0.443. The maximum Gasteiger partial charge on any atom is 0.213 e. The van der Waals surface area contributed by atoms with E-state index in [1.54, 1.807) is 19.1 Å². The quantitative estimate of drug-likeness (QED) is 0.317. The maximum absolute atomic E-state index is 13.9. The summed E-state index contributed by atoms with van der Waals surface area (Å²) in [5.41, 5.74) is 4.39. The number of benzene rings is 1. The number of aryl methyl sites for hydroxylation is 1. The molecule has 1 aliphatic carbocycles. The predicted octanol–water partition coefficient (Wildman–Crippen LogP) is 5.41. The van der Waals surface area contributed by atoms with Gasteiger partial charge >= 0.3 is 0 Å². The number of pyridine rings is 2. The van der Waals surface area contributed by atoms with Crippen LogP contribution in [0.3, 0.4) is 0 Å². The van der Waals surface area contributed by atoms with Crippen LogP contribution in [0.4, 0.5) is 15.8 Å². The molecule has 192 valence electrons. The Bertz CT molecular complexity index is 1600. The zero-order chi connectivity index (χ0) is 27.0. The second kappa shape index (κ2) is 9.71. The Morgan fingerprint density at radius 2 is 1.92 bits per heavy atom. The number of aromatic nitrogens is 5. The molecule has 9 nitrogen and oxygen atoms in total. The van der Waals surface area contributed by atoms with E-state index in [1.165, 1.54) is 12.3 Å². The molecule has 1 aromatic carbocycles. The van der Waals surface area contributed by atoms with Gasteiger partial charge in [-0.1, -0.05) is 32.1 Å². The minimum Gasteiger partial charge on any atom is -0.383 e. The number of anilines is 2. The van der Waals surface area contributed by atoms with Crippen molar-refractivity contribution in [2.24, 2.45) is 5.41 Å². The monoisotopic (exact) mass is 509 g/mol. The third-order valence-corrected chi connectivity index (χ3v) is 6.47. The summed E-state index contributed by atoms with van der Waals surface area (Å²) >= 11 is 0. The van der Waals surface area contributed by atoms with E-state index in [0.717, 1.165) is 18.4 Å². The second-order valence-corrected chi connectivity index (χ2v) is 10.8. The first kappa shape index (κ1) is 25.1. The smallest absolute Gasteiger partial charge is 0.213 e. The van der Waals surface area contributed by atoms with E-state index in [0.29, 0.717) is 57.4 Å². The SMILES string of the molecule is Cc1nc(F)ccc1C(Nc1cc(C#N)c2ncc(C#N)c(NCC(C)(C)C)c2c1)c1cn(C2CC2)nn1. The van der Waals surface area contributed by atoms with Gasteiger partial charge in [0, 0.05) is 35.1 Å². The average molecular weight is 510 g/mol. The van der Waals surface area contributed by atoms with E-state index >= 15 is 0 Å². The summed E-state index contributed by atoms with van der Waals surface area (Å²) in [6, 6.07) is 10.9. The number of nitrogens with zero attached hydrogens (tertiary/aromatic N) is 7. The Kier molecular flexibility index (Phi) is 6.41. The topological polar surface area (TPSA) is 128 Å². The van der Waals surface area contributed by atoms with Gasteiger partial charge in [-0.05, 0) is 43.4 Å². The van der Waals surface area contributed by atoms with Crippen LogP contribution in [-0.4, -0.2) is 31.5 Å². The summed E-state index contributed by atoms with van der Waals surface area (Å²) in [5, 5.41) is 36.0. The number of fused-ring (bicyclic) bond motifs is 1. The van der Waals surface area contributed by atoms with Crippen molar-refractivity contribution in [1.82, 2.24) is 25.0 Å². The molecule has 4 aromatic rings. The number of hydrogen-bond donors (Lipinski definition) is 2. The molecule has 3 heterocycles. The fourth-order valence-electron chi connectivity index (χ4n) is 4.36. The summed E-state index contributed by atoms with van der Waals surface area (Å²) in [6.45, 7) is 8.66. The van der Waals surface area contributed by atoms with Gasteiger partial charge in [-0.2, -0.15) is 14.9 Å². The Morgan fingerprint density at radius 1 is 1.16 bits per heavy atom. The van der Waals surface area contributed by atoms with Crippen molar-refractivity contribution in [2.75, 3.05) is 17.2 Å². The van der Waals surface area contributed by atoms with E-state index in [9.17, 15) is 14.9 Å². The van der Waals surface area contributed by atoms with Gasteiger partial charge in [0.1, 0.15) is 17.8 Å². The van der Waals surface area contributed by atoms with E-state index in [1.807, 2.05) is 16.9 Å². The lowest BCUT2D eigenvalue weighted by Gasteiger charge is -2.22. The lowest BCUT2D eigenvalue weighted by Crippen LogP contribution is -2.20. The molecule has 1 atom stereocenters. The summed E-state index contributed by atoms with van der Waals surface area (Å²) in [4.78, 5) is 8.44. The molecule has 0 bridgehead atoms. The van der Waals surface area contributed by atoms with E-state index in [-0.39, 0.29) is 5.41 Å². The third kappa shape index (κ3) is 5.12. The first-order chi connectivity index (χ1) is 18.2. The van der Waals surface area contributed by atoms with Gasteiger partial charge in [0.25, 0.3) is 0 Å². The molecule has 1 saturated carbocycles. The van der Waals surface area contributed by atoms with E-state index in [4.69, 9.17) is 0 Å². The van der Waals surface area contributed by atoms with Crippen LogP contribution in [0, 0.1) is 40.9 Å². The van der Waals surface area contributed by atoms with Crippen molar-refractivity contribution >= 4 is 22.3 Å². The second-order valence-electron chi connectivity index (χ2n) is 10.8. The fraction of sp³-hybridized carbons (Fsp3) is 0.357. The molecule has 0 radical (unpaired) electrons. The molecule has 0 spiro atoms. The number of rotatable bonds is 7. The molecule has 1 fully saturated rings. The summed E-state index contributed by atoms with van der Waals surface area (Å²) in [5.74, 6) is -0.561. The average Bonchev–Trinajstić information content (AvgIpc) is 3.61. The van der Waals surface area contributed by atoms with Crippen molar-refractivity contribution in [1.29, 1.82) is 10.5 Å². The molecular weight excluding hydrogens is 481 g/mol. The van der Waals surface area contributed by atoms with Crippen LogP contribution in [0.5, 0.6) is 0 Å². The molecule has 1 unspecified atom stereocenters. The largest absolute Gasteiger partial charge is 0.383 e. The van der Waals surface area contributed by atoms with Crippen LogP contribution >= 0.6 is 0 Å². The van der Waals surface area contributed by atoms with Gasteiger partial charge in [0.15, 0.2) is 0 Å². The van der Waals surface area contributed by atoms with Crippen LogP contribution in [0.1, 0.15) is 73.8 Å². The number of nitrogens with one attached hydrogen (secondary N) is 2. The molecule has 0 aliphatic heterocycles. The van der Waals surface area contributed by atoms with Gasteiger partial charge in [-0.25, -0.2) is 9.67 Å². The van der Waals surface area contributed by atoms with E-state index in [2.05, 4.69) is 63.8 Å². The fourth-order valence-corrected chi connectivity index (χ4v) is 4.36. The zero-order valence-corrected chi connectivity index (χ0v) is 21.7. The maximum atomic E-state index is 13.9. The Balaban J connectivity index is 1.63. The Labute approximate surface area is 220 Å². The van der Waals surface area contributed by atoms with Crippen LogP contribution in [-0.2, 0) is 0 Å². The Hall–Kier alpha value is -4.57. The first-order valence-corrected chi connectivity index (χ1v) is 12.5. The molecule has 2 N–H and O–H groups in total. The highest BCUT2D eigenvalue weighted by Crippen LogP contribution is 2.37. The van der Waals surface area contributed by atoms with Crippen molar-refractivity contribution in [2.45, 2.75) is 52.6 Å². The molecule has 0 saturated heterocycles. The van der Waals surface area contributed by atoms with Crippen molar-refractivity contribution < 1.29 is 4.39 Å². The van der Waals surface area contributed by atoms with Crippen molar-refractivity contribution in [3.05, 3.63) is 70.7 Å². The minimum absolute atomic E-state index is 0.0399. The van der Waals surface area contributed by atoms with Gasteiger partial charge < -0.3 is 10.6 Å². The molecule has 1 aliphatic rings. The Morgan fingerprint density at radius 3 is 2.58 bits per heavy atom. The van der Waals surface area contributed by atoms with Gasteiger partial charge in [-0.15, -0.1) is 5.10 Å². The molecule has 3 aromatic heterocycles.